The van der Waals surface area contributed by atoms with Gasteiger partial charge in [0.2, 0.25) is 11.8 Å². The van der Waals surface area contributed by atoms with Gasteiger partial charge in [0.1, 0.15) is 0 Å². The van der Waals surface area contributed by atoms with Crippen LogP contribution in [-0.4, -0.2) is 23.4 Å². The summed E-state index contributed by atoms with van der Waals surface area (Å²) in [6, 6.07) is 0.193. The topological polar surface area (TPSA) is 58.2 Å². The van der Waals surface area contributed by atoms with Crippen LogP contribution in [0.2, 0.25) is 0 Å². The van der Waals surface area contributed by atoms with Gasteiger partial charge in [0.05, 0.1) is 0 Å². The van der Waals surface area contributed by atoms with Gasteiger partial charge in [0.25, 0.3) is 0 Å². The summed E-state index contributed by atoms with van der Waals surface area (Å²) in [6.07, 6.45) is 6.36. The molecule has 0 radical (unpaired) electrons. The van der Waals surface area contributed by atoms with Crippen LogP contribution in [-0.2, 0) is 9.59 Å². The summed E-state index contributed by atoms with van der Waals surface area (Å²) in [4.78, 5) is 25.4. The highest BCUT2D eigenvalue weighted by Crippen LogP contribution is 2.50. The summed E-state index contributed by atoms with van der Waals surface area (Å²) in [6.45, 7) is 19.1. The molecule has 2 aliphatic carbocycles. The quantitative estimate of drug-likeness (QED) is 0.606. The molecule has 2 rings (SSSR count). The van der Waals surface area contributed by atoms with E-state index in [2.05, 4.69) is 45.3 Å². The van der Waals surface area contributed by atoms with Crippen molar-refractivity contribution in [1.29, 1.82) is 0 Å². The molecular formula is C24H44N2O2. The van der Waals surface area contributed by atoms with Gasteiger partial charge in [-0.05, 0) is 55.3 Å². The van der Waals surface area contributed by atoms with Crippen molar-refractivity contribution < 1.29 is 9.59 Å². The average Bonchev–Trinajstić information content (AvgIpc) is 3.41. The molecule has 0 heterocycles. The van der Waals surface area contributed by atoms with Crippen LogP contribution < -0.4 is 10.6 Å². The minimum atomic E-state index is -0.373. The number of nitrogens with one attached hydrogen (secondary N) is 2. The first-order valence-corrected chi connectivity index (χ1v) is 11.2. The van der Waals surface area contributed by atoms with Crippen molar-refractivity contribution in [3.8, 4) is 0 Å². The van der Waals surface area contributed by atoms with E-state index in [4.69, 9.17) is 0 Å². The number of carbonyl (C=O) groups excluding carboxylic acids is 2. The minimum Gasteiger partial charge on any atom is -0.352 e. The highest BCUT2D eigenvalue weighted by Gasteiger charge is 2.53. The fourth-order valence-electron chi connectivity index (χ4n) is 4.16. The van der Waals surface area contributed by atoms with E-state index in [-0.39, 0.29) is 45.6 Å². The van der Waals surface area contributed by atoms with E-state index in [0.29, 0.717) is 5.92 Å². The Morgan fingerprint density at radius 3 is 1.93 bits per heavy atom. The Bertz CT molecular complexity index is 587. The van der Waals surface area contributed by atoms with Crippen LogP contribution in [0.4, 0.5) is 0 Å². The third kappa shape index (κ3) is 5.51. The Balaban J connectivity index is 1.93. The van der Waals surface area contributed by atoms with Crippen LogP contribution >= 0.6 is 0 Å². The first kappa shape index (κ1) is 23.2. The van der Waals surface area contributed by atoms with Gasteiger partial charge < -0.3 is 10.6 Å². The lowest BCUT2D eigenvalue weighted by Crippen LogP contribution is -2.50. The molecule has 2 aliphatic rings. The number of carbonyl (C=O) groups is 2. The van der Waals surface area contributed by atoms with E-state index in [1.54, 1.807) is 0 Å². The van der Waals surface area contributed by atoms with E-state index in [1.165, 1.54) is 12.8 Å². The fourth-order valence-corrected chi connectivity index (χ4v) is 4.16. The van der Waals surface area contributed by atoms with Gasteiger partial charge in [-0.25, -0.2) is 0 Å². The number of amides is 2. The van der Waals surface area contributed by atoms with Crippen LogP contribution in [0.15, 0.2) is 0 Å². The fraction of sp³-hybridized carbons (Fsp3) is 0.917. The van der Waals surface area contributed by atoms with Crippen molar-refractivity contribution in [1.82, 2.24) is 10.6 Å². The van der Waals surface area contributed by atoms with Crippen LogP contribution in [0, 0.1) is 28.1 Å². The van der Waals surface area contributed by atoms with Crippen molar-refractivity contribution in [2.45, 2.75) is 112 Å². The van der Waals surface area contributed by atoms with E-state index in [1.807, 2.05) is 27.7 Å². The van der Waals surface area contributed by atoms with Crippen molar-refractivity contribution in [2.24, 2.45) is 28.1 Å². The Morgan fingerprint density at radius 1 is 1.00 bits per heavy atom. The molecule has 4 heteroatoms. The molecule has 2 unspecified atom stereocenters. The summed E-state index contributed by atoms with van der Waals surface area (Å²) in [7, 11) is 0. The molecule has 162 valence electrons. The largest absolute Gasteiger partial charge is 0.352 e. The first-order valence-electron chi connectivity index (χ1n) is 11.2. The molecule has 0 spiro atoms. The zero-order valence-corrected chi connectivity index (χ0v) is 19.8. The molecule has 0 saturated heterocycles. The first-order chi connectivity index (χ1) is 12.6. The van der Waals surface area contributed by atoms with E-state index < -0.39 is 0 Å². The lowest BCUT2D eigenvalue weighted by Gasteiger charge is -2.38. The molecule has 0 aromatic heterocycles. The second-order valence-electron chi connectivity index (χ2n) is 12.3. The van der Waals surface area contributed by atoms with Gasteiger partial charge in [-0.3, -0.25) is 9.59 Å². The molecule has 2 amide bonds. The number of hydrogen-bond acceptors (Lipinski definition) is 2. The standard InChI is InChI=1S/C24H44N2O2/c1-16(19(27)26-24(14-15-24)22(5,6)7)12-13-23(8,9)18(17-10-11-17)25-20(28)21(2,3)4/h16-18H,10-15H2,1-9H3,(H,25,28)(H,26,27). The van der Waals surface area contributed by atoms with Gasteiger partial charge in [-0.1, -0.05) is 62.3 Å². The smallest absolute Gasteiger partial charge is 0.225 e. The van der Waals surface area contributed by atoms with Gasteiger partial charge >= 0.3 is 0 Å². The molecule has 2 N–H and O–H groups in total. The molecular weight excluding hydrogens is 348 g/mol. The molecule has 2 fully saturated rings. The SMILES string of the molecule is CC(CCC(C)(C)C(NC(=O)C(C)(C)C)C1CC1)C(=O)NC1(C(C)(C)C)CC1. The minimum absolute atomic E-state index is 0.00253. The number of hydrogen-bond donors (Lipinski definition) is 2. The predicted molar refractivity (Wildman–Crippen MR) is 116 cm³/mol. The van der Waals surface area contributed by atoms with E-state index in [0.717, 1.165) is 25.7 Å². The maximum atomic E-state index is 12.8. The highest BCUT2D eigenvalue weighted by atomic mass is 16.2. The zero-order chi connectivity index (χ0) is 21.5. The van der Waals surface area contributed by atoms with E-state index >= 15 is 0 Å². The average molecular weight is 393 g/mol. The normalized spacial score (nSPS) is 21.6. The Labute approximate surface area is 173 Å². The van der Waals surface area contributed by atoms with E-state index in [9.17, 15) is 9.59 Å². The summed E-state index contributed by atoms with van der Waals surface area (Å²) < 4.78 is 0. The van der Waals surface area contributed by atoms with Gasteiger partial charge in [-0.15, -0.1) is 0 Å². The Hall–Kier alpha value is -1.06. The molecule has 4 nitrogen and oxygen atoms in total. The second-order valence-corrected chi connectivity index (χ2v) is 12.3. The lowest BCUT2D eigenvalue weighted by atomic mass is 9.75. The molecule has 0 aromatic carbocycles. The van der Waals surface area contributed by atoms with Crippen molar-refractivity contribution >= 4 is 11.8 Å². The summed E-state index contributed by atoms with van der Waals surface area (Å²) >= 11 is 0. The lowest BCUT2D eigenvalue weighted by molar-refractivity contribution is -0.131. The Kier molecular flexibility index (Phi) is 6.34. The maximum absolute atomic E-state index is 12.8. The van der Waals surface area contributed by atoms with Crippen LogP contribution in [0.25, 0.3) is 0 Å². The molecule has 0 bridgehead atoms. The summed E-state index contributed by atoms with van der Waals surface area (Å²) in [5.41, 5.74) is -0.291. The summed E-state index contributed by atoms with van der Waals surface area (Å²) in [5.74, 6) is 0.896. The highest BCUT2D eigenvalue weighted by molar-refractivity contribution is 5.81. The van der Waals surface area contributed by atoms with Gasteiger partial charge in [-0.2, -0.15) is 0 Å². The monoisotopic (exact) mass is 392 g/mol. The summed E-state index contributed by atoms with van der Waals surface area (Å²) in [5, 5.41) is 6.69. The maximum Gasteiger partial charge on any atom is 0.225 e. The molecule has 2 saturated carbocycles. The van der Waals surface area contributed by atoms with Gasteiger partial charge in [0.15, 0.2) is 0 Å². The van der Waals surface area contributed by atoms with Crippen molar-refractivity contribution in [3.05, 3.63) is 0 Å². The van der Waals surface area contributed by atoms with Gasteiger partial charge in [0, 0.05) is 22.9 Å². The number of rotatable bonds is 8. The molecule has 0 aliphatic heterocycles. The third-order valence-corrected chi connectivity index (χ3v) is 7.12. The zero-order valence-electron chi connectivity index (χ0n) is 19.8. The molecule has 0 aromatic rings. The second kappa shape index (κ2) is 7.65. The molecule has 28 heavy (non-hydrogen) atoms. The third-order valence-electron chi connectivity index (χ3n) is 7.12. The predicted octanol–water partition coefficient (Wildman–Crippen LogP) is 5.06. The Morgan fingerprint density at radius 2 is 1.54 bits per heavy atom. The van der Waals surface area contributed by atoms with Crippen molar-refractivity contribution in [3.63, 3.8) is 0 Å². The van der Waals surface area contributed by atoms with Crippen LogP contribution in [0.1, 0.15) is 101 Å². The van der Waals surface area contributed by atoms with Crippen LogP contribution in [0.5, 0.6) is 0 Å². The van der Waals surface area contributed by atoms with Crippen LogP contribution in [0.3, 0.4) is 0 Å². The van der Waals surface area contributed by atoms with Crippen molar-refractivity contribution in [2.75, 3.05) is 0 Å². The molecule has 2 atom stereocenters.